The summed E-state index contributed by atoms with van der Waals surface area (Å²) in [6, 6.07) is 14.8. The number of hydrogen-bond donors (Lipinski definition) is 1. The summed E-state index contributed by atoms with van der Waals surface area (Å²) in [5, 5.41) is 2.85. The van der Waals surface area contributed by atoms with Crippen molar-refractivity contribution in [3.05, 3.63) is 72.8 Å². The molecule has 1 aliphatic heterocycles. The van der Waals surface area contributed by atoms with E-state index in [1.54, 1.807) is 30.1 Å². The van der Waals surface area contributed by atoms with Gasteiger partial charge in [0.2, 0.25) is 0 Å². The zero-order chi connectivity index (χ0) is 18.8. The number of aromatic nitrogens is 3. The third kappa shape index (κ3) is 3.44. The molecule has 0 fully saturated rings. The molecule has 6 nitrogen and oxygen atoms in total. The maximum atomic E-state index is 5.93. The molecule has 0 amide bonds. The smallest absolute Gasteiger partial charge is 0.192 e. The van der Waals surface area contributed by atoms with Crippen molar-refractivity contribution in [2.24, 2.45) is 0 Å². The summed E-state index contributed by atoms with van der Waals surface area (Å²) < 4.78 is 11.2. The number of anilines is 3. The summed E-state index contributed by atoms with van der Waals surface area (Å²) in [7, 11) is 0. The zero-order valence-electron chi connectivity index (χ0n) is 14.9. The SMILES string of the molecule is c1cn(-c2ccc(N3CCOc4cc(SNc5nccs5)ccc43)cc2)cn1. The molecule has 2 aromatic heterocycles. The van der Waals surface area contributed by atoms with Crippen LogP contribution in [0, 0.1) is 0 Å². The van der Waals surface area contributed by atoms with Gasteiger partial charge in [0.15, 0.2) is 5.13 Å². The van der Waals surface area contributed by atoms with Crippen molar-refractivity contribution in [2.75, 3.05) is 22.8 Å². The largest absolute Gasteiger partial charge is 0.489 e. The summed E-state index contributed by atoms with van der Waals surface area (Å²) in [4.78, 5) is 11.7. The Bertz CT molecular complexity index is 1050. The molecule has 1 N–H and O–H groups in total. The fraction of sp³-hybridized carbons (Fsp3) is 0.100. The molecule has 8 heteroatoms. The molecule has 0 spiro atoms. The molecular weight excluding hydrogens is 390 g/mol. The Morgan fingerprint density at radius 2 is 1.96 bits per heavy atom. The summed E-state index contributed by atoms with van der Waals surface area (Å²) >= 11 is 3.12. The third-order valence-electron chi connectivity index (χ3n) is 4.45. The first-order valence-corrected chi connectivity index (χ1v) is 10.5. The molecule has 4 aromatic rings. The van der Waals surface area contributed by atoms with Crippen LogP contribution in [0.15, 0.2) is 77.7 Å². The van der Waals surface area contributed by atoms with Gasteiger partial charge < -0.3 is 18.9 Å². The standard InChI is InChI=1S/C20H17N5OS2/c1-3-16(4-2-15(1)24-9-7-21-14-24)25-10-11-26-19-13-17(5-6-18(19)25)28-23-20-22-8-12-27-20/h1-9,12-14H,10-11H2,(H,22,23). The quantitative estimate of drug-likeness (QED) is 0.471. The highest BCUT2D eigenvalue weighted by Crippen LogP contribution is 2.39. The van der Waals surface area contributed by atoms with Gasteiger partial charge in [-0.3, -0.25) is 0 Å². The predicted octanol–water partition coefficient (Wildman–Crippen LogP) is 4.98. The van der Waals surface area contributed by atoms with Crippen LogP contribution in [0.2, 0.25) is 0 Å². The van der Waals surface area contributed by atoms with Gasteiger partial charge in [-0.1, -0.05) is 0 Å². The van der Waals surface area contributed by atoms with Crippen LogP contribution in [0.5, 0.6) is 5.75 Å². The molecular formula is C20H17N5OS2. The van der Waals surface area contributed by atoms with Crippen molar-refractivity contribution in [3.8, 4) is 11.4 Å². The van der Waals surface area contributed by atoms with Crippen LogP contribution in [0.25, 0.3) is 5.69 Å². The van der Waals surface area contributed by atoms with Gasteiger partial charge in [0.25, 0.3) is 0 Å². The summed E-state index contributed by atoms with van der Waals surface area (Å²) in [6.07, 6.45) is 7.32. The number of fused-ring (bicyclic) bond motifs is 1. The van der Waals surface area contributed by atoms with Crippen LogP contribution in [0.1, 0.15) is 0 Å². The molecule has 140 valence electrons. The van der Waals surface area contributed by atoms with E-state index in [1.807, 2.05) is 16.1 Å². The first-order valence-electron chi connectivity index (χ1n) is 8.82. The number of ether oxygens (including phenoxy) is 1. The fourth-order valence-electron chi connectivity index (χ4n) is 3.13. The molecule has 0 aliphatic carbocycles. The molecule has 0 saturated heterocycles. The van der Waals surface area contributed by atoms with Gasteiger partial charge in [0.05, 0.1) is 18.6 Å². The summed E-state index contributed by atoms with van der Waals surface area (Å²) in [6.45, 7) is 1.48. The second kappa shape index (κ2) is 7.57. The molecule has 0 saturated carbocycles. The number of imidazole rings is 1. The zero-order valence-corrected chi connectivity index (χ0v) is 16.5. The molecule has 0 bridgehead atoms. The Labute approximate surface area is 171 Å². The number of benzene rings is 2. The molecule has 0 atom stereocenters. The lowest BCUT2D eigenvalue weighted by atomic mass is 10.2. The minimum atomic E-state index is 0.657. The molecule has 1 aliphatic rings. The Balaban J connectivity index is 1.36. The predicted molar refractivity (Wildman–Crippen MR) is 114 cm³/mol. The van der Waals surface area contributed by atoms with Gasteiger partial charge in [-0.05, 0) is 54.4 Å². The average Bonchev–Trinajstić information content (AvgIpc) is 3.46. The summed E-state index contributed by atoms with van der Waals surface area (Å²) in [5.74, 6) is 0.899. The number of rotatable bonds is 5. The van der Waals surface area contributed by atoms with Gasteiger partial charge >= 0.3 is 0 Å². The topological polar surface area (TPSA) is 55.2 Å². The highest BCUT2D eigenvalue weighted by Gasteiger charge is 2.20. The van der Waals surface area contributed by atoms with Crippen LogP contribution in [0.4, 0.5) is 16.5 Å². The van der Waals surface area contributed by atoms with Crippen LogP contribution in [-0.4, -0.2) is 27.7 Å². The molecule has 5 rings (SSSR count). The maximum Gasteiger partial charge on any atom is 0.192 e. The van der Waals surface area contributed by atoms with E-state index >= 15 is 0 Å². The lowest BCUT2D eigenvalue weighted by molar-refractivity contribution is 0.313. The van der Waals surface area contributed by atoms with Gasteiger partial charge in [0.1, 0.15) is 12.4 Å². The van der Waals surface area contributed by atoms with Gasteiger partial charge in [-0.15, -0.1) is 11.3 Å². The third-order valence-corrected chi connectivity index (χ3v) is 6.05. The lowest BCUT2D eigenvalue weighted by Crippen LogP contribution is -2.28. The van der Waals surface area contributed by atoms with Crippen molar-refractivity contribution < 1.29 is 4.74 Å². The number of thiazole rings is 1. The van der Waals surface area contributed by atoms with Crippen molar-refractivity contribution in [3.63, 3.8) is 0 Å². The van der Waals surface area contributed by atoms with Gasteiger partial charge in [-0.2, -0.15) is 0 Å². The minimum absolute atomic E-state index is 0.657. The van der Waals surface area contributed by atoms with Crippen LogP contribution in [-0.2, 0) is 0 Å². The lowest BCUT2D eigenvalue weighted by Gasteiger charge is -2.31. The summed E-state index contributed by atoms with van der Waals surface area (Å²) in [5.41, 5.74) is 3.32. The van der Waals surface area contributed by atoms with Crippen LogP contribution in [0.3, 0.4) is 0 Å². The molecule has 3 heterocycles. The van der Waals surface area contributed by atoms with Crippen LogP contribution < -0.4 is 14.4 Å². The van der Waals surface area contributed by atoms with E-state index in [2.05, 4.69) is 62.1 Å². The minimum Gasteiger partial charge on any atom is -0.489 e. The first kappa shape index (κ1) is 17.2. The molecule has 2 aromatic carbocycles. The Morgan fingerprint density at radius 3 is 2.75 bits per heavy atom. The maximum absolute atomic E-state index is 5.93. The fourth-order valence-corrected chi connectivity index (χ4v) is 4.37. The second-order valence-corrected chi connectivity index (χ2v) is 7.93. The highest BCUT2D eigenvalue weighted by molar-refractivity contribution is 8.00. The van der Waals surface area contributed by atoms with Crippen molar-refractivity contribution in [1.29, 1.82) is 0 Å². The van der Waals surface area contributed by atoms with E-state index in [1.165, 1.54) is 11.9 Å². The Hall–Kier alpha value is -2.97. The molecule has 0 unspecified atom stereocenters. The van der Waals surface area contributed by atoms with E-state index in [-0.39, 0.29) is 0 Å². The monoisotopic (exact) mass is 407 g/mol. The van der Waals surface area contributed by atoms with Crippen molar-refractivity contribution in [2.45, 2.75) is 4.90 Å². The molecule has 28 heavy (non-hydrogen) atoms. The van der Waals surface area contributed by atoms with E-state index in [0.29, 0.717) is 6.61 Å². The van der Waals surface area contributed by atoms with Gasteiger partial charge in [-0.25, -0.2) is 9.97 Å². The number of nitrogens with zero attached hydrogens (tertiary/aromatic N) is 4. The Morgan fingerprint density at radius 1 is 1.07 bits per heavy atom. The average molecular weight is 408 g/mol. The van der Waals surface area contributed by atoms with Crippen LogP contribution >= 0.6 is 23.3 Å². The highest BCUT2D eigenvalue weighted by atomic mass is 32.2. The second-order valence-electron chi connectivity index (χ2n) is 6.16. The van der Waals surface area contributed by atoms with E-state index in [0.717, 1.165) is 39.4 Å². The Kier molecular flexibility index (Phi) is 4.64. The van der Waals surface area contributed by atoms with Crippen molar-refractivity contribution >= 4 is 39.8 Å². The number of hydrogen-bond acceptors (Lipinski definition) is 7. The van der Waals surface area contributed by atoms with E-state index in [4.69, 9.17) is 4.74 Å². The van der Waals surface area contributed by atoms with Gasteiger partial charge in [0, 0.05) is 40.2 Å². The molecule has 0 radical (unpaired) electrons. The normalized spacial score (nSPS) is 13.1. The van der Waals surface area contributed by atoms with E-state index < -0.39 is 0 Å². The van der Waals surface area contributed by atoms with E-state index in [9.17, 15) is 0 Å². The van der Waals surface area contributed by atoms with Crippen molar-refractivity contribution in [1.82, 2.24) is 14.5 Å². The first-order chi connectivity index (χ1) is 13.9. The number of nitrogens with one attached hydrogen (secondary N) is 1.